The molecule has 0 bridgehead atoms. The molecule has 1 saturated carbocycles. The van der Waals surface area contributed by atoms with Gasteiger partial charge >= 0.3 is 0 Å². The molecule has 0 unspecified atom stereocenters. The van der Waals surface area contributed by atoms with Crippen molar-refractivity contribution in [2.24, 2.45) is 5.92 Å². The first-order valence-corrected chi connectivity index (χ1v) is 10.9. The smallest absolute Gasteiger partial charge is 0.263 e. The zero-order chi connectivity index (χ0) is 23.6. The number of anilines is 2. The third-order valence-electron chi connectivity index (χ3n) is 5.24. The van der Waals surface area contributed by atoms with E-state index in [2.05, 4.69) is 15.7 Å². The van der Waals surface area contributed by atoms with Crippen LogP contribution in [0.15, 0.2) is 54.6 Å². The minimum Gasteiger partial charge on any atom is -0.484 e. The number of rotatable bonds is 7. The molecule has 2 N–H and O–H groups in total. The van der Waals surface area contributed by atoms with Gasteiger partial charge in [0.1, 0.15) is 17.4 Å². The summed E-state index contributed by atoms with van der Waals surface area (Å²) in [6.07, 6.45) is 1.85. The van der Waals surface area contributed by atoms with Crippen molar-refractivity contribution in [3.8, 4) is 11.4 Å². The number of amides is 2. The number of carbonyl (C=O) groups is 2. The van der Waals surface area contributed by atoms with Crippen LogP contribution in [0.4, 0.5) is 15.9 Å². The molecule has 7 nitrogen and oxygen atoms in total. The standard InChI is InChI=1S/C25H27FN4O3/c1-25(2,3)21-14-22(30(29-21)19-11-9-17(26)10-12-19)28-23(31)15-33-20-6-4-5-18(13-20)27-24(32)16-7-8-16/h4-6,9-14,16H,7-8,15H2,1-3H3,(H,27,32)(H,28,31). The van der Waals surface area contributed by atoms with Gasteiger partial charge in [0.05, 0.1) is 11.4 Å². The molecule has 4 rings (SSSR count). The van der Waals surface area contributed by atoms with Crippen LogP contribution in [0.2, 0.25) is 0 Å². The Hall–Kier alpha value is -3.68. The van der Waals surface area contributed by atoms with Crippen molar-refractivity contribution < 1.29 is 18.7 Å². The first-order chi connectivity index (χ1) is 15.7. The van der Waals surface area contributed by atoms with Crippen LogP contribution < -0.4 is 15.4 Å². The van der Waals surface area contributed by atoms with E-state index in [0.717, 1.165) is 18.5 Å². The molecule has 1 aromatic heterocycles. The minimum atomic E-state index is -0.369. The molecular weight excluding hydrogens is 423 g/mol. The molecule has 1 aliphatic rings. The fraction of sp³-hybridized carbons (Fsp3) is 0.320. The lowest BCUT2D eigenvalue weighted by Gasteiger charge is -2.14. The summed E-state index contributed by atoms with van der Waals surface area (Å²) in [6.45, 7) is 5.84. The lowest BCUT2D eigenvalue weighted by atomic mass is 9.92. The monoisotopic (exact) mass is 450 g/mol. The van der Waals surface area contributed by atoms with Gasteiger partial charge in [-0.1, -0.05) is 26.8 Å². The Bertz CT molecular complexity index is 1160. The topological polar surface area (TPSA) is 85.3 Å². The second kappa shape index (κ2) is 9.05. The van der Waals surface area contributed by atoms with E-state index >= 15 is 0 Å². The maximum absolute atomic E-state index is 13.4. The summed E-state index contributed by atoms with van der Waals surface area (Å²) >= 11 is 0. The third-order valence-corrected chi connectivity index (χ3v) is 5.24. The molecule has 0 aliphatic heterocycles. The number of halogens is 1. The van der Waals surface area contributed by atoms with Crippen LogP contribution >= 0.6 is 0 Å². The maximum Gasteiger partial charge on any atom is 0.263 e. The highest BCUT2D eigenvalue weighted by Gasteiger charge is 2.29. The lowest BCUT2D eigenvalue weighted by molar-refractivity contribution is -0.118. The fourth-order valence-electron chi connectivity index (χ4n) is 3.20. The van der Waals surface area contributed by atoms with E-state index in [9.17, 15) is 14.0 Å². The SMILES string of the molecule is CC(C)(C)c1cc(NC(=O)COc2cccc(NC(=O)C3CC3)c2)n(-c2ccc(F)cc2)n1. The van der Waals surface area contributed by atoms with Gasteiger partial charge in [-0.25, -0.2) is 9.07 Å². The highest BCUT2D eigenvalue weighted by atomic mass is 19.1. The molecule has 1 fully saturated rings. The van der Waals surface area contributed by atoms with Crippen LogP contribution in [-0.4, -0.2) is 28.2 Å². The van der Waals surface area contributed by atoms with Crippen molar-refractivity contribution in [2.75, 3.05) is 17.2 Å². The number of ether oxygens (including phenoxy) is 1. The van der Waals surface area contributed by atoms with Gasteiger partial charge in [-0.15, -0.1) is 0 Å². The van der Waals surface area contributed by atoms with Crippen molar-refractivity contribution in [3.63, 3.8) is 0 Å². The second-order valence-corrected chi connectivity index (χ2v) is 9.18. The van der Waals surface area contributed by atoms with Crippen LogP contribution in [0.25, 0.3) is 5.69 Å². The van der Waals surface area contributed by atoms with E-state index in [4.69, 9.17) is 4.74 Å². The highest BCUT2D eigenvalue weighted by Crippen LogP contribution is 2.30. The van der Waals surface area contributed by atoms with E-state index in [1.165, 1.54) is 12.1 Å². The molecule has 172 valence electrons. The number of nitrogens with zero attached hydrogens (tertiary/aromatic N) is 2. The van der Waals surface area contributed by atoms with Crippen molar-refractivity contribution in [3.05, 3.63) is 66.1 Å². The van der Waals surface area contributed by atoms with Crippen LogP contribution in [0.1, 0.15) is 39.3 Å². The van der Waals surface area contributed by atoms with Crippen molar-refractivity contribution in [2.45, 2.75) is 39.0 Å². The summed E-state index contributed by atoms with van der Waals surface area (Å²) in [5.74, 6) is 0.326. The highest BCUT2D eigenvalue weighted by molar-refractivity contribution is 5.94. The van der Waals surface area contributed by atoms with E-state index in [0.29, 0.717) is 22.9 Å². The third kappa shape index (κ3) is 5.77. The molecule has 2 aromatic carbocycles. The largest absolute Gasteiger partial charge is 0.484 e. The van der Waals surface area contributed by atoms with Crippen LogP contribution in [0, 0.1) is 11.7 Å². The fourth-order valence-corrected chi connectivity index (χ4v) is 3.20. The van der Waals surface area contributed by atoms with E-state index in [1.807, 2.05) is 20.8 Å². The van der Waals surface area contributed by atoms with Crippen LogP contribution in [0.5, 0.6) is 5.75 Å². The summed E-state index contributed by atoms with van der Waals surface area (Å²) in [4.78, 5) is 24.6. The molecule has 0 atom stereocenters. The molecule has 0 spiro atoms. The molecule has 3 aromatic rings. The van der Waals surface area contributed by atoms with Crippen LogP contribution in [0.3, 0.4) is 0 Å². The Morgan fingerprint density at radius 1 is 1.09 bits per heavy atom. The predicted molar refractivity (Wildman–Crippen MR) is 124 cm³/mol. The maximum atomic E-state index is 13.4. The van der Waals surface area contributed by atoms with Crippen molar-refractivity contribution in [1.29, 1.82) is 0 Å². The summed E-state index contributed by atoms with van der Waals surface area (Å²) in [5, 5.41) is 10.3. The zero-order valence-electron chi connectivity index (χ0n) is 18.9. The zero-order valence-corrected chi connectivity index (χ0v) is 18.9. The minimum absolute atomic E-state index is 0.00796. The Labute approximate surface area is 191 Å². The molecule has 0 radical (unpaired) electrons. The Kier molecular flexibility index (Phi) is 6.18. The summed E-state index contributed by atoms with van der Waals surface area (Å²) in [6, 6.07) is 14.6. The van der Waals surface area contributed by atoms with Gasteiger partial charge in [-0.2, -0.15) is 5.10 Å². The predicted octanol–water partition coefficient (Wildman–Crippen LogP) is 4.67. The molecule has 1 aliphatic carbocycles. The van der Waals surface area contributed by atoms with Gasteiger partial charge in [0.2, 0.25) is 5.91 Å². The molecular formula is C25H27FN4O3. The number of benzene rings is 2. The van der Waals surface area contributed by atoms with Gasteiger partial charge in [0, 0.05) is 29.2 Å². The first kappa shape index (κ1) is 22.5. The first-order valence-electron chi connectivity index (χ1n) is 10.9. The van der Waals surface area contributed by atoms with E-state index in [-0.39, 0.29) is 35.6 Å². The average Bonchev–Trinajstić information content (AvgIpc) is 3.53. The molecule has 8 heteroatoms. The summed E-state index contributed by atoms with van der Waals surface area (Å²) in [7, 11) is 0. The average molecular weight is 451 g/mol. The van der Waals surface area contributed by atoms with Gasteiger partial charge in [0.15, 0.2) is 6.61 Å². The van der Waals surface area contributed by atoms with Crippen LogP contribution in [-0.2, 0) is 15.0 Å². The van der Waals surface area contributed by atoms with Gasteiger partial charge in [-0.05, 0) is 49.2 Å². The quantitative estimate of drug-likeness (QED) is 0.548. The van der Waals surface area contributed by atoms with Gasteiger partial charge in [-0.3, -0.25) is 9.59 Å². The number of carbonyl (C=O) groups excluding carboxylic acids is 2. The number of hydrogen-bond acceptors (Lipinski definition) is 4. The normalized spacial score (nSPS) is 13.5. The lowest BCUT2D eigenvalue weighted by Crippen LogP contribution is -2.22. The second-order valence-electron chi connectivity index (χ2n) is 9.18. The molecule has 1 heterocycles. The Morgan fingerprint density at radius 3 is 2.48 bits per heavy atom. The number of nitrogens with one attached hydrogen (secondary N) is 2. The molecule has 2 amide bonds. The van der Waals surface area contributed by atoms with Gasteiger partial charge in [0.25, 0.3) is 5.91 Å². The summed E-state index contributed by atoms with van der Waals surface area (Å²) in [5.41, 5.74) is 1.80. The van der Waals surface area contributed by atoms with E-state index in [1.54, 1.807) is 47.1 Å². The molecule has 0 saturated heterocycles. The van der Waals surface area contributed by atoms with E-state index < -0.39 is 0 Å². The van der Waals surface area contributed by atoms with Gasteiger partial charge < -0.3 is 15.4 Å². The van der Waals surface area contributed by atoms with Crippen molar-refractivity contribution in [1.82, 2.24) is 9.78 Å². The molecule has 33 heavy (non-hydrogen) atoms. The Morgan fingerprint density at radius 2 is 1.82 bits per heavy atom. The number of aromatic nitrogens is 2. The van der Waals surface area contributed by atoms with Crippen molar-refractivity contribution >= 4 is 23.3 Å². The summed E-state index contributed by atoms with van der Waals surface area (Å²) < 4.78 is 20.6. The Balaban J connectivity index is 1.44. The number of hydrogen-bond donors (Lipinski definition) is 2.